The van der Waals surface area contributed by atoms with Crippen molar-refractivity contribution in [2.24, 2.45) is 0 Å². The van der Waals surface area contributed by atoms with Gasteiger partial charge in [-0.15, -0.1) is 0 Å². The summed E-state index contributed by atoms with van der Waals surface area (Å²) in [5.74, 6) is -1.95. The number of nitrogens with zero attached hydrogens (tertiary/aromatic N) is 2. The van der Waals surface area contributed by atoms with E-state index in [0.29, 0.717) is 46.1 Å². The number of carbonyl (C=O) groups is 6. The van der Waals surface area contributed by atoms with E-state index in [1.807, 2.05) is 0 Å². The van der Waals surface area contributed by atoms with Gasteiger partial charge in [0, 0.05) is 0 Å². The van der Waals surface area contributed by atoms with Gasteiger partial charge in [-0.05, 0) is 97.8 Å². The molecular formula is C32H32N2O10S2. The van der Waals surface area contributed by atoms with Gasteiger partial charge >= 0.3 is 11.9 Å². The van der Waals surface area contributed by atoms with Gasteiger partial charge in [0.15, 0.2) is 0 Å². The molecule has 2 atom stereocenters. The average Bonchev–Trinajstić information content (AvgIpc) is 3.48. The molecule has 0 bridgehead atoms. The van der Waals surface area contributed by atoms with Gasteiger partial charge < -0.3 is 18.9 Å². The van der Waals surface area contributed by atoms with E-state index in [1.165, 1.54) is 26.4 Å². The molecule has 2 aromatic carbocycles. The summed E-state index contributed by atoms with van der Waals surface area (Å²) in [6, 6.07) is 10.8. The van der Waals surface area contributed by atoms with Gasteiger partial charge in [0.1, 0.15) is 23.6 Å². The number of rotatable bonds is 13. The van der Waals surface area contributed by atoms with E-state index in [1.54, 1.807) is 62.4 Å². The second-order valence-electron chi connectivity index (χ2n) is 9.76. The smallest absolute Gasteiger partial charge is 0.329 e. The van der Waals surface area contributed by atoms with Gasteiger partial charge in [-0.2, -0.15) is 0 Å². The van der Waals surface area contributed by atoms with Gasteiger partial charge in [0.05, 0.1) is 37.2 Å². The molecule has 12 nitrogen and oxygen atoms in total. The monoisotopic (exact) mass is 668 g/mol. The third kappa shape index (κ3) is 7.80. The van der Waals surface area contributed by atoms with Gasteiger partial charge in [0.2, 0.25) is 0 Å². The van der Waals surface area contributed by atoms with Crippen molar-refractivity contribution in [2.45, 2.75) is 38.8 Å². The largest absolute Gasteiger partial charge is 0.497 e. The standard InChI is InChI=1S/C32H32N2O10S2/c1-5-43-29(37)23(33-27(35)25(45-31(33)39)17-19-7-11-21(41-3)12-8-19)15-16-24(30(38)44-6-2)34-28(36)26(46-32(34)40)18-20-9-13-22(42-4)14-10-20/h7-14,17-18,23-24H,5-6,15-16H2,1-4H3/b25-17-,26-18-. The van der Waals surface area contributed by atoms with Gasteiger partial charge in [-0.25, -0.2) is 9.59 Å². The molecule has 2 heterocycles. The molecule has 0 N–H and O–H groups in total. The van der Waals surface area contributed by atoms with Crippen LogP contribution in [0.4, 0.5) is 9.59 Å². The Labute approximate surface area is 274 Å². The van der Waals surface area contributed by atoms with E-state index in [9.17, 15) is 28.8 Å². The molecule has 0 saturated carbocycles. The number of hydrogen-bond acceptors (Lipinski definition) is 12. The predicted octanol–water partition coefficient (Wildman–Crippen LogP) is 5.12. The molecule has 4 amide bonds. The van der Waals surface area contributed by atoms with Crippen molar-refractivity contribution in [1.82, 2.24) is 9.80 Å². The topological polar surface area (TPSA) is 146 Å². The number of hydrogen-bond donors (Lipinski definition) is 0. The Morgan fingerprint density at radius 1 is 0.652 bits per heavy atom. The first-order valence-electron chi connectivity index (χ1n) is 14.3. The molecule has 14 heteroatoms. The maximum Gasteiger partial charge on any atom is 0.329 e. The Balaban J connectivity index is 1.59. The minimum atomic E-state index is -1.43. The molecule has 4 rings (SSSR count). The lowest BCUT2D eigenvalue weighted by Gasteiger charge is -2.27. The van der Waals surface area contributed by atoms with Crippen molar-refractivity contribution in [1.29, 1.82) is 0 Å². The first-order chi connectivity index (χ1) is 22.1. The van der Waals surface area contributed by atoms with E-state index >= 15 is 0 Å². The van der Waals surface area contributed by atoms with Gasteiger partial charge in [-0.1, -0.05) is 24.3 Å². The molecule has 242 valence electrons. The number of amides is 4. The molecule has 0 aliphatic carbocycles. The molecule has 46 heavy (non-hydrogen) atoms. The number of thioether (sulfide) groups is 2. The molecule has 2 fully saturated rings. The highest BCUT2D eigenvalue weighted by atomic mass is 32.2. The average molecular weight is 669 g/mol. The van der Waals surface area contributed by atoms with Crippen LogP contribution < -0.4 is 9.47 Å². The molecule has 2 aliphatic rings. The Bertz CT molecular complexity index is 1450. The number of methoxy groups -OCH3 is 2. The van der Waals surface area contributed by atoms with Crippen molar-refractivity contribution in [3.05, 3.63) is 69.5 Å². The van der Waals surface area contributed by atoms with Crippen LogP contribution in [0.2, 0.25) is 0 Å². The molecule has 2 saturated heterocycles. The van der Waals surface area contributed by atoms with E-state index in [-0.39, 0.29) is 35.9 Å². The zero-order valence-electron chi connectivity index (χ0n) is 25.6. The van der Waals surface area contributed by atoms with Gasteiger partial charge in [-0.3, -0.25) is 29.0 Å². The summed E-state index contributed by atoms with van der Waals surface area (Å²) in [6.07, 6.45) is 2.47. The quantitative estimate of drug-likeness (QED) is 0.206. The van der Waals surface area contributed by atoms with Crippen molar-refractivity contribution in [3.8, 4) is 11.5 Å². The van der Waals surface area contributed by atoms with Crippen LogP contribution in [0.5, 0.6) is 11.5 Å². The third-order valence-corrected chi connectivity index (χ3v) is 8.70. The Morgan fingerprint density at radius 2 is 1.00 bits per heavy atom. The first kappa shape index (κ1) is 34.3. The predicted molar refractivity (Wildman–Crippen MR) is 172 cm³/mol. The van der Waals surface area contributed by atoms with Gasteiger partial charge in [0.25, 0.3) is 22.3 Å². The maximum atomic E-state index is 13.4. The lowest BCUT2D eigenvalue weighted by Crippen LogP contribution is -2.48. The fourth-order valence-electron chi connectivity index (χ4n) is 4.70. The van der Waals surface area contributed by atoms with Crippen LogP contribution in [-0.2, 0) is 28.7 Å². The highest BCUT2D eigenvalue weighted by molar-refractivity contribution is 8.18. The van der Waals surface area contributed by atoms with Crippen LogP contribution >= 0.6 is 23.5 Å². The lowest BCUT2D eigenvalue weighted by atomic mass is 10.0. The Hall–Kier alpha value is -4.56. The zero-order valence-corrected chi connectivity index (χ0v) is 27.2. The number of carbonyl (C=O) groups excluding carboxylic acids is 6. The van der Waals surface area contributed by atoms with Crippen molar-refractivity contribution < 1.29 is 47.7 Å². The van der Waals surface area contributed by atoms with E-state index in [4.69, 9.17) is 18.9 Å². The highest BCUT2D eigenvalue weighted by Crippen LogP contribution is 2.38. The number of benzene rings is 2. The summed E-state index contributed by atoms with van der Waals surface area (Å²) < 4.78 is 20.7. The molecule has 2 aromatic rings. The number of imide groups is 2. The minimum Gasteiger partial charge on any atom is -0.497 e. The fraction of sp³-hybridized carbons (Fsp3) is 0.312. The maximum absolute atomic E-state index is 13.4. The summed E-state index contributed by atoms with van der Waals surface area (Å²) in [6.45, 7) is 3.08. The molecular weight excluding hydrogens is 636 g/mol. The van der Waals surface area contributed by atoms with Crippen LogP contribution in [0.25, 0.3) is 12.2 Å². The summed E-state index contributed by atoms with van der Waals surface area (Å²) in [7, 11) is 3.05. The molecule has 0 spiro atoms. The summed E-state index contributed by atoms with van der Waals surface area (Å²) in [4.78, 5) is 81.1. The fourth-order valence-corrected chi connectivity index (χ4v) is 6.45. The summed E-state index contributed by atoms with van der Waals surface area (Å²) >= 11 is 1.32. The lowest BCUT2D eigenvalue weighted by molar-refractivity contribution is -0.154. The second-order valence-corrected chi connectivity index (χ2v) is 11.7. The number of ether oxygens (including phenoxy) is 4. The number of esters is 2. The molecule has 0 radical (unpaired) electrons. The first-order valence-corrected chi connectivity index (χ1v) is 15.9. The molecule has 0 aromatic heterocycles. The normalized spacial score (nSPS) is 17.9. The van der Waals surface area contributed by atoms with Crippen molar-refractivity contribution in [2.75, 3.05) is 27.4 Å². The summed E-state index contributed by atoms with van der Waals surface area (Å²) in [5.41, 5.74) is 1.26. The van der Waals surface area contributed by atoms with E-state index in [0.717, 1.165) is 9.80 Å². The Morgan fingerprint density at radius 3 is 1.30 bits per heavy atom. The molecule has 2 unspecified atom stereocenters. The van der Waals surface area contributed by atoms with Crippen LogP contribution in [0.3, 0.4) is 0 Å². The van der Waals surface area contributed by atoms with Crippen molar-refractivity contribution in [3.63, 3.8) is 0 Å². The van der Waals surface area contributed by atoms with Crippen LogP contribution in [0, 0.1) is 0 Å². The summed E-state index contributed by atoms with van der Waals surface area (Å²) in [5, 5.41) is -1.41. The SMILES string of the molecule is CCOC(=O)C(CCC(C(=O)OCC)N1C(=O)S/C(=C\c2ccc(OC)cc2)C1=O)N1C(=O)S/C(=C\c2ccc(OC)cc2)C1=O. The van der Waals surface area contributed by atoms with E-state index < -0.39 is 46.3 Å². The van der Waals surface area contributed by atoms with Crippen LogP contribution in [-0.4, -0.2) is 83.5 Å². The molecule has 2 aliphatic heterocycles. The minimum absolute atomic E-state index is 0.0339. The zero-order chi connectivity index (χ0) is 33.4. The van der Waals surface area contributed by atoms with E-state index in [2.05, 4.69) is 0 Å². The van der Waals surface area contributed by atoms with Crippen LogP contribution in [0.15, 0.2) is 58.3 Å². The third-order valence-electron chi connectivity index (χ3n) is 6.93. The Kier molecular flexibility index (Phi) is 11.7. The highest BCUT2D eigenvalue weighted by Gasteiger charge is 2.47. The second kappa shape index (κ2) is 15.6. The van der Waals surface area contributed by atoms with Crippen LogP contribution in [0.1, 0.15) is 37.8 Å². The van der Waals surface area contributed by atoms with Crippen molar-refractivity contribution >= 4 is 69.9 Å².